The highest BCUT2D eigenvalue weighted by molar-refractivity contribution is 5.93. The van der Waals surface area contributed by atoms with Gasteiger partial charge in [0, 0.05) is 31.3 Å². The first-order valence-electron chi connectivity index (χ1n) is 16.3. The molecule has 0 saturated carbocycles. The topological polar surface area (TPSA) is 105 Å². The van der Waals surface area contributed by atoms with Gasteiger partial charge in [-0.05, 0) is 54.5 Å². The molecule has 4 aromatic carbocycles. The van der Waals surface area contributed by atoms with Gasteiger partial charge in [0.2, 0.25) is 17.7 Å². The van der Waals surface area contributed by atoms with Gasteiger partial charge in [-0.25, -0.2) is 0 Å². The van der Waals surface area contributed by atoms with Crippen LogP contribution in [0.5, 0.6) is 0 Å². The zero-order valence-corrected chi connectivity index (χ0v) is 26.3. The second kappa shape index (κ2) is 16.5. The summed E-state index contributed by atoms with van der Waals surface area (Å²) in [6.07, 6.45) is 2.80. The zero-order valence-electron chi connectivity index (χ0n) is 26.3. The molecule has 0 bridgehead atoms. The third-order valence-corrected chi connectivity index (χ3v) is 8.89. The van der Waals surface area contributed by atoms with Crippen molar-refractivity contribution in [3.05, 3.63) is 144 Å². The van der Waals surface area contributed by atoms with Crippen molar-refractivity contribution in [1.82, 2.24) is 15.5 Å². The molecule has 1 saturated heterocycles. The summed E-state index contributed by atoms with van der Waals surface area (Å²) in [6.45, 7) is 1.34. The number of carbonyl (C=O) groups excluding carboxylic acids is 3. The Morgan fingerprint density at radius 2 is 1.33 bits per heavy atom. The molecule has 1 aliphatic rings. The molecule has 5 rings (SSSR count). The van der Waals surface area contributed by atoms with E-state index in [9.17, 15) is 14.4 Å². The Morgan fingerprint density at radius 1 is 0.761 bits per heavy atom. The Morgan fingerprint density at radius 3 is 1.91 bits per heavy atom. The quantitative estimate of drug-likeness (QED) is 0.162. The number of hydrogen-bond donors (Lipinski definition) is 3. The van der Waals surface area contributed by atoms with Crippen LogP contribution in [0.4, 0.5) is 0 Å². The molecule has 1 heterocycles. The van der Waals surface area contributed by atoms with E-state index in [1.807, 2.05) is 121 Å². The van der Waals surface area contributed by atoms with Gasteiger partial charge in [-0.1, -0.05) is 121 Å². The molecule has 7 nitrogen and oxygen atoms in total. The Balaban J connectivity index is 1.38. The monoisotopic (exact) mass is 616 g/mol. The van der Waals surface area contributed by atoms with Crippen LogP contribution in [0.2, 0.25) is 0 Å². The predicted octanol–water partition coefficient (Wildman–Crippen LogP) is 5.52. The molecule has 7 heteroatoms. The van der Waals surface area contributed by atoms with Crippen LogP contribution in [-0.4, -0.2) is 47.8 Å². The van der Waals surface area contributed by atoms with E-state index in [2.05, 4.69) is 10.6 Å². The van der Waals surface area contributed by atoms with Gasteiger partial charge in [0.05, 0.1) is 0 Å². The van der Waals surface area contributed by atoms with Crippen LogP contribution in [0.25, 0.3) is 0 Å². The Bertz CT molecular complexity index is 1490. The van der Waals surface area contributed by atoms with Gasteiger partial charge in [-0.2, -0.15) is 0 Å². The highest BCUT2D eigenvalue weighted by Crippen LogP contribution is 2.36. The molecule has 1 fully saturated rings. The standard InChI is InChI=1S/C39H44N4O3/c40-25-14-13-23-35(38(45)41-28-29-15-5-1-6-16-29)42-39(46)37-33(30-17-7-2-8-18-30)24-26-43(37)36(44)27-34(31-19-9-3-10-20-31)32-21-11-4-12-22-32/h1-12,15-22,33-35,37H,13-14,23-28,40H2,(H,41,45)(H,42,46)/t33?,35-,37?/m1/s1. The van der Waals surface area contributed by atoms with Crippen molar-refractivity contribution in [1.29, 1.82) is 0 Å². The molecule has 1 aliphatic heterocycles. The van der Waals surface area contributed by atoms with Crippen LogP contribution in [-0.2, 0) is 20.9 Å². The number of likely N-dealkylation sites (tertiary alicyclic amines) is 1. The average molecular weight is 617 g/mol. The largest absolute Gasteiger partial charge is 0.350 e. The molecule has 3 atom stereocenters. The molecule has 0 aromatic heterocycles. The van der Waals surface area contributed by atoms with Gasteiger partial charge in [-0.15, -0.1) is 0 Å². The van der Waals surface area contributed by atoms with E-state index >= 15 is 0 Å². The number of amides is 3. The first-order valence-corrected chi connectivity index (χ1v) is 16.3. The minimum absolute atomic E-state index is 0.0792. The molecule has 2 unspecified atom stereocenters. The lowest BCUT2D eigenvalue weighted by atomic mass is 9.87. The summed E-state index contributed by atoms with van der Waals surface area (Å²) < 4.78 is 0. The lowest BCUT2D eigenvalue weighted by molar-refractivity contribution is -0.140. The summed E-state index contributed by atoms with van der Waals surface area (Å²) in [5.41, 5.74) is 9.84. The summed E-state index contributed by atoms with van der Waals surface area (Å²) in [5, 5.41) is 6.07. The molecular formula is C39H44N4O3. The van der Waals surface area contributed by atoms with Crippen LogP contribution >= 0.6 is 0 Å². The number of benzene rings is 4. The summed E-state index contributed by atoms with van der Waals surface area (Å²) in [4.78, 5) is 43.7. The van der Waals surface area contributed by atoms with Crippen molar-refractivity contribution in [2.45, 2.75) is 62.6 Å². The predicted molar refractivity (Wildman–Crippen MR) is 182 cm³/mol. The molecule has 0 aliphatic carbocycles. The second-order valence-electron chi connectivity index (χ2n) is 12.0. The Hall–Kier alpha value is -4.75. The molecule has 46 heavy (non-hydrogen) atoms. The van der Waals surface area contributed by atoms with Gasteiger partial charge in [0.25, 0.3) is 0 Å². The van der Waals surface area contributed by atoms with E-state index in [1.54, 1.807) is 4.90 Å². The number of carbonyl (C=O) groups is 3. The van der Waals surface area contributed by atoms with Gasteiger partial charge < -0.3 is 21.3 Å². The van der Waals surface area contributed by atoms with Crippen molar-refractivity contribution >= 4 is 17.7 Å². The minimum Gasteiger partial charge on any atom is -0.350 e. The number of unbranched alkanes of at least 4 members (excludes halogenated alkanes) is 1. The maximum atomic E-state index is 14.3. The number of nitrogens with two attached hydrogens (primary N) is 1. The molecular weight excluding hydrogens is 572 g/mol. The summed E-state index contributed by atoms with van der Waals surface area (Å²) in [5.74, 6) is -0.960. The van der Waals surface area contributed by atoms with Gasteiger partial charge >= 0.3 is 0 Å². The summed E-state index contributed by atoms with van der Waals surface area (Å²) >= 11 is 0. The zero-order chi connectivity index (χ0) is 32.1. The van der Waals surface area contributed by atoms with Crippen LogP contribution in [0.1, 0.15) is 66.2 Å². The highest BCUT2D eigenvalue weighted by Gasteiger charge is 2.43. The first-order chi connectivity index (χ1) is 22.5. The lowest BCUT2D eigenvalue weighted by Crippen LogP contribution is -2.54. The average Bonchev–Trinajstić information content (AvgIpc) is 3.56. The third-order valence-electron chi connectivity index (χ3n) is 8.89. The van der Waals surface area contributed by atoms with Crippen molar-refractivity contribution in [3.8, 4) is 0 Å². The molecule has 4 aromatic rings. The van der Waals surface area contributed by atoms with Crippen LogP contribution < -0.4 is 16.4 Å². The number of rotatable bonds is 14. The van der Waals surface area contributed by atoms with Crippen LogP contribution in [0.15, 0.2) is 121 Å². The maximum Gasteiger partial charge on any atom is 0.244 e. The van der Waals surface area contributed by atoms with E-state index in [1.165, 1.54) is 0 Å². The first kappa shape index (κ1) is 32.6. The third kappa shape index (κ3) is 8.49. The fraction of sp³-hybridized carbons (Fsp3) is 0.308. The number of nitrogens with zero attached hydrogens (tertiary/aromatic N) is 1. The smallest absolute Gasteiger partial charge is 0.244 e. The van der Waals surface area contributed by atoms with Gasteiger partial charge in [0.15, 0.2) is 0 Å². The van der Waals surface area contributed by atoms with Gasteiger partial charge in [-0.3, -0.25) is 14.4 Å². The maximum absolute atomic E-state index is 14.3. The van der Waals surface area contributed by atoms with Gasteiger partial charge in [0.1, 0.15) is 12.1 Å². The minimum atomic E-state index is -0.738. The molecule has 4 N–H and O–H groups in total. The highest BCUT2D eigenvalue weighted by atomic mass is 16.2. The van der Waals surface area contributed by atoms with E-state index in [0.29, 0.717) is 38.9 Å². The van der Waals surface area contributed by atoms with Crippen LogP contribution in [0.3, 0.4) is 0 Å². The normalized spacial score (nSPS) is 16.6. The number of hydrogen-bond acceptors (Lipinski definition) is 4. The molecule has 0 spiro atoms. The van der Waals surface area contributed by atoms with Crippen molar-refractivity contribution < 1.29 is 14.4 Å². The molecule has 238 valence electrons. The number of nitrogens with one attached hydrogen (secondary N) is 2. The van der Waals surface area contributed by atoms with E-state index in [-0.39, 0.29) is 36.0 Å². The van der Waals surface area contributed by atoms with Crippen molar-refractivity contribution in [3.63, 3.8) is 0 Å². The van der Waals surface area contributed by atoms with Crippen LogP contribution in [0, 0.1) is 0 Å². The van der Waals surface area contributed by atoms with Crippen molar-refractivity contribution in [2.24, 2.45) is 5.73 Å². The lowest BCUT2D eigenvalue weighted by Gasteiger charge is -2.31. The van der Waals surface area contributed by atoms with E-state index in [0.717, 1.165) is 28.7 Å². The van der Waals surface area contributed by atoms with E-state index in [4.69, 9.17) is 5.73 Å². The summed E-state index contributed by atoms with van der Waals surface area (Å²) in [7, 11) is 0. The van der Waals surface area contributed by atoms with E-state index < -0.39 is 12.1 Å². The summed E-state index contributed by atoms with van der Waals surface area (Å²) in [6, 6.07) is 38.2. The second-order valence-corrected chi connectivity index (χ2v) is 12.0. The fourth-order valence-corrected chi connectivity index (χ4v) is 6.46. The Labute approximate surface area is 272 Å². The Kier molecular flexibility index (Phi) is 11.7. The van der Waals surface area contributed by atoms with Crippen molar-refractivity contribution in [2.75, 3.05) is 13.1 Å². The fourth-order valence-electron chi connectivity index (χ4n) is 6.46. The molecule has 3 amide bonds. The molecule has 0 radical (unpaired) electrons. The SMILES string of the molecule is NCCCC[C@@H](NC(=O)C1C(c2ccccc2)CCN1C(=O)CC(c1ccccc1)c1ccccc1)C(=O)NCc1ccccc1.